The minimum Gasteiger partial charge on any atom is -0.357 e. The minimum atomic E-state index is -0.150. The fraction of sp³-hybridized carbons (Fsp3) is 0.391. The average Bonchev–Trinajstić information content (AvgIpc) is 2.70. The van der Waals surface area contributed by atoms with Crippen molar-refractivity contribution in [2.45, 2.75) is 32.7 Å². The fourth-order valence-corrected chi connectivity index (χ4v) is 3.32. The number of hydrogen-bond acceptors (Lipinski definition) is 2. The molecule has 2 N–H and O–H groups in total. The Kier molecular flexibility index (Phi) is 8.09. The largest absolute Gasteiger partial charge is 0.357 e. The standard InChI is InChI=1S/C23H31ClN4O/c1-6-25-22(27-16-23(2,3)19-9-7-8-10-20(19)24)26-15-17-11-13-18(14-12-17)21(29)28(4)5/h7-14H,6,15-16H2,1-5H3,(H2,25,26,27). The number of aliphatic imine (C=N–C) groups is 1. The van der Waals surface area contributed by atoms with Gasteiger partial charge in [-0.15, -0.1) is 0 Å². The van der Waals surface area contributed by atoms with Crippen LogP contribution in [0.2, 0.25) is 5.02 Å². The molecule has 0 fully saturated rings. The lowest BCUT2D eigenvalue weighted by Crippen LogP contribution is -2.43. The third-order valence-electron chi connectivity index (χ3n) is 4.67. The third kappa shape index (κ3) is 6.50. The molecule has 0 aliphatic rings. The van der Waals surface area contributed by atoms with Crippen molar-refractivity contribution in [3.8, 4) is 0 Å². The number of guanidine groups is 1. The molecular formula is C23H31ClN4O. The van der Waals surface area contributed by atoms with Crippen LogP contribution in [-0.2, 0) is 12.0 Å². The first-order valence-corrected chi connectivity index (χ1v) is 10.2. The number of rotatable bonds is 7. The van der Waals surface area contributed by atoms with Crippen LogP contribution in [-0.4, -0.2) is 44.0 Å². The second kappa shape index (κ2) is 10.3. The van der Waals surface area contributed by atoms with E-state index in [9.17, 15) is 4.79 Å². The number of carbonyl (C=O) groups is 1. The van der Waals surface area contributed by atoms with E-state index in [2.05, 4.69) is 35.5 Å². The number of carbonyl (C=O) groups excluding carboxylic acids is 1. The maximum atomic E-state index is 12.0. The smallest absolute Gasteiger partial charge is 0.253 e. The molecule has 156 valence electrons. The van der Waals surface area contributed by atoms with E-state index in [1.807, 2.05) is 49.4 Å². The molecule has 0 unspecified atom stereocenters. The zero-order valence-electron chi connectivity index (χ0n) is 17.9. The van der Waals surface area contributed by atoms with E-state index in [0.717, 1.165) is 28.7 Å². The lowest BCUT2D eigenvalue weighted by atomic mass is 9.84. The summed E-state index contributed by atoms with van der Waals surface area (Å²) in [6, 6.07) is 15.5. The molecule has 1 amide bonds. The monoisotopic (exact) mass is 414 g/mol. The summed E-state index contributed by atoms with van der Waals surface area (Å²) in [5.41, 5.74) is 2.67. The highest BCUT2D eigenvalue weighted by molar-refractivity contribution is 6.31. The Bertz CT molecular complexity index is 844. The van der Waals surface area contributed by atoms with Gasteiger partial charge in [0.05, 0.1) is 6.54 Å². The molecule has 2 rings (SSSR count). The van der Waals surface area contributed by atoms with Gasteiger partial charge < -0.3 is 15.5 Å². The summed E-state index contributed by atoms with van der Waals surface area (Å²) in [5, 5.41) is 7.47. The normalized spacial score (nSPS) is 11.9. The van der Waals surface area contributed by atoms with Gasteiger partial charge in [-0.3, -0.25) is 4.79 Å². The molecule has 0 radical (unpaired) electrons. The molecule has 0 spiro atoms. The van der Waals surface area contributed by atoms with Gasteiger partial charge in [-0.25, -0.2) is 4.99 Å². The molecule has 0 aliphatic carbocycles. The zero-order valence-corrected chi connectivity index (χ0v) is 18.7. The molecule has 0 saturated carbocycles. The fourth-order valence-electron chi connectivity index (χ4n) is 2.93. The van der Waals surface area contributed by atoms with Crippen molar-refractivity contribution in [1.29, 1.82) is 0 Å². The first kappa shape index (κ1) is 22.8. The quantitative estimate of drug-likeness (QED) is 0.530. The SMILES string of the molecule is CCNC(=NCc1ccc(C(=O)N(C)C)cc1)NCC(C)(C)c1ccccc1Cl. The number of amides is 1. The van der Waals surface area contributed by atoms with Gasteiger partial charge in [0, 0.05) is 43.2 Å². The Hall–Kier alpha value is -2.53. The van der Waals surface area contributed by atoms with Crippen LogP contribution in [0.15, 0.2) is 53.5 Å². The Morgan fingerprint density at radius 3 is 2.31 bits per heavy atom. The molecule has 5 nitrogen and oxygen atoms in total. The number of nitrogens with zero attached hydrogens (tertiary/aromatic N) is 2. The van der Waals surface area contributed by atoms with Crippen molar-refractivity contribution >= 4 is 23.5 Å². The summed E-state index contributed by atoms with van der Waals surface area (Å²) in [6.07, 6.45) is 0. The average molecular weight is 415 g/mol. The molecule has 0 bridgehead atoms. The second-order valence-electron chi connectivity index (χ2n) is 7.81. The summed E-state index contributed by atoms with van der Waals surface area (Å²) < 4.78 is 0. The number of halogens is 1. The summed E-state index contributed by atoms with van der Waals surface area (Å²) in [6.45, 7) is 8.35. The maximum Gasteiger partial charge on any atom is 0.253 e. The predicted molar refractivity (Wildman–Crippen MR) is 122 cm³/mol. The molecule has 0 atom stereocenters. The highest BCUT2D eigenvalue weighted by atomic mass is 35.5. The molecule has 0 saturated heterocycles. The lowest BCUT2D eigenvalue weighted by Gasteiger charge is -2.27. The Morgan fingerprint density at radius 2 is 1.72 bits per heavy atom. The summed E-state index contributed by atoms with van der Waals surface area (Å²) in [7, 11) is 3.50. The topological polar surface area (TPSA) is 56.7 Å². The van der Waals surface area contributed by atoms with Gasteiger partial charge in [0.25, 0.3) is 5.91 Å². The predicted octanol–water partition coefficient (Wildman–Crippen LogP) is 4.07. The number of hydrogen-bond donors (Lipinski definition) is 2. The molecular weight excluding hydrogens is 384 g/mol. The van der Waals surface area contributed by atoms with Crippen molar-refractivity contribution in [3.63, 3.8) is 0 Å². The Morgan fingerprint density at radius 1 is 1.07 bits per heavy atom. The minimum absolute atomic E-state index is 0.00291. The number of benzene rings is 2. The van der Waals surface area contributed by atoms with Gasteiger partial charge in [0.2, 0.25) is 0 Å². The maximum absolute atomic E-state index is 12.0. The van der Waals surface area contributed by atoms with Gasteiger partial charge in [-0.05, 0) is 36.2 Å². The van der Waals surface area contributed by atoms with Crippen LogP contribution >= 0.6 is 11.6 Å². The second-order valence-corrected chi connectivity index (χ2v) is 8.22. The van der Waals surface area contributed by atoms with Crippen molar-refractivity contribution in [2.75, 3.05) is 27.2 Å². The van der Waals surface area contributed by atoms with Gasteiger partial charge in [-0.2, -0.15) is 0 Å². The summed E-state index contributed by atoms with van der Waals surface area (Å²) in [4.78, 5) is 18.2. The van der Waals surface area contributed by atoms with Crippen molar-refractivity contribution < 1.29 is 4.79 Å². The highest BCUT2D eigenvalue weighted by Crippen LogP contribution is 2.28. The lowest BCUT2D eigenvalue weighted by molar-refractivity contribution is 0.0827. The van der Waals surface area contributed by atoms with Crippen molar-refractivity contribution in [2.24, 2.45) is 4.99 Å². The van der Waals surface area contributed by atoms with Gasteiger partial charge in [-0.1, -0.05) is 55.8 Å². The molecule has 0 heterocycles. The third-order valence-corrected chi connectivity index (χ3v) is 5.00. The van der Waals surface area contributed by atoms with E-state index >= 15 is 0 Å². The van der Waals surface area contributed by atoms with E-state index in [-0.39, 0.29) is 11.3 Å². The summed E-state index contributed by atoms with van der Waals surface area (Å²) >= 11 is 6.38. The van der Waals surface area contributed by atoms with E-state index < -0.39 is 0 Å². The van der Waals surface area contributed by atoms with E-state index in [0.29, 0.717) is 18.7 Å². The number of nitrogens with one attached hydrogen (secondary N) is 2. The highest BCUT2D eigenvalue weighted by Gasteiger charge is 2.23. The van der Waals surface area contributed by atoms with E-state index in [4.69, 9.17) is 11.6 Å². The van der Waals surface area contributed by atoms with E-state index in [1.54, 1.807) is 19.0 Å². The molecule has 2 aromatic rings. The first-order valence-electron chi connectivity index (χ1n) is 9.82. The molecule has 2 aromatic carbocycles. The zero-order chi connectivity index (χ0) is 21.4. The Labute approximate surface area is 179 Å². The Balaban J connectivity index is 2.04. The van der Waals surface area contributed by atoms with Crippen LogP contribution in [0.25, 0.3) is 0 Å². The van der Waals surface area contributed by atoms with Gasteiger partial charge in [0.1, 0.15) is 0 Å². The van der Waals surface area contributed by atoms with Crippen molar-refractivity contribution in [3.05, 3.63) is 70.2 Å². The molecule has 29 heavy (non-hydrogen) atoms. The summed E-state index contributed by atoms with van der Waals surface area (Å²) in [5.74, 6) is 0.748. The van der Waals surface area contributed by atoms with Crippen LogP contribution in [0.4, 0.5) is 0 Å². The van der Waals surface area contributed by atoms with Crippen molar-refractivity contribution in [1.82, 2.24) is 15.5 Å². The van der Waals surface area contributed by atoms with Crippen LogP contribution in [0.1, 0.15) is 42.3 Å². The molecule has 6 heteroatoms. The van der Waals surface area contributed by atoms with Crippen LogP contribution in [0.5, 0.6) is 0 Å². The van der Waals surface area contributed by atoms with E-state index in [1.165, 1.54) is 0 Å². The van der Waals surface area contributed by atoms with Gasteiger partial charge in [0.15, 0.2) is 5.96 Å². The first-order chi connectivity index (χ1) is 13.7. The molecule has 0 aromatic heterocycles. The van der Waals surface area contributed by atoms with Crippen LogP contribution in [0, 0.1) is 0 Å². The molecule has 0 aliphatic heterocycles. The van der Waals surface area contributed by atoms with Crippen LogP contribution < -0.4 is 10.6 Å². The van der Waals surface area contributed by atoms with Crippen LogP contribution in [0.3, 0.4) is 0 Å². The van der Waals surface area contributed by atoms with Gasteiger partial charge >= 0.3 is 0 Å².